The van der Waals surface area contributed by atoms with Gasteiger partial charge in [-0.05, 0) is 49.3 Å². The number of aryl methyl sites for hydroxylation is 3. The number of nitrogens with zero attached hydrogens (tertiary/aromatic N) is 2. The summed E-state index contributed by atoms with van der Waals surface area (Å²) in [4.78, 5) is 0. The van der Waals surface area contributed by atoms with Crippen LogP contribution in [0, 0.1) is 6.92 Å². The average Bonchev–Trinajstić information content (AvgIpc) is 3.00. The first-order valence-electron chi connectivity index (χ1n) is 7.07. The van der Waals surface area contributed by atoms with Crippen molar-refractivity contribution in [2.75, 3.05) is 7.05 Å². The van der Waals surface area contributed by atoms with Crippen LogP contribution in [0.15, 0.2) is 21.2 Å². The maximum Gasteiger partial charge on any atom is 0.101 e. The molecule has 0 bridgehead atoms. The monoisotopic (exact) mass is 339 g/mol. The van der Waals surface area contributed by atoms with Crippen LogP contribution in [-0.4, -0.2) is 16.8 Å². The Morgan fingerprint density at radius 3 is 2.70 bits per heavy atom. The van der Waals surface area contributed by atoms with Crippen molar-refractivity contribution in [2.24, 2.45) is 0 Å². The molecule has 0 radical (unpaired) electrons. The third kappa shape index (κ3) is 2.99. The summed E-state index contributed by atoms with van der Waals surface area (Å²) in [6, 6.07) is 2.32. The Morgan fingerprint density at radius 1 is 1.45 bits per heavy atom. The molecule has 0 aliphatic heterocycles. The highest BCUT2D eigenvalue weighted by Crippen LogP contribution is 2.28. The second-order valence-electron chi connectivity index (χ2n) is 4.91. The lowest BCUT2D eigenvalue weighted by molar-refractivity contribution is 0.511. The third-order valence-electron chi connectivity index (χ3n) is 3.59. The van der Waals surface area contributed by atoms with Gasteiger partial charge in [0.25, 0.3) is 0 Å². The summed E-state index contributed by atoms with van der Waals surface area (Å²) >= 11 is 3.70. The molecule has 0 aliphatic rings. The second kappa shape index (κ2) is 6.59. The van der Waals surface area contributed by atoms with E-state index in [1.165, 1.54) is 11.3 Å². The van der Waals surface area contributed by atoms with E-state index in [2.05, 4.69) is 50.9 Å². The zero-order valence-corrected chi connectivity index (χ0v) is 14.1. The van der Waals surface area contributed by atoms with Crippen molar-refractivity contribution in [1.29, 1.82) is 0 Å². The van der Waals surface area contributed by atoms with Gasteiger partial charge in [-0.3, -0.25) is 4.68 Å². The van der Waals surface area contributed by atoms with Crippen molar-refractivity contribution < 1.29 is 4.42 Å². The number of hydrogen-bond donors (Lipinski definition) is 1. The molecule has 0 saturated carbocycles. The van der Waals surface area contributed by atoms with E-state index in [0.717, 1.165) is 35.3 Å². The summed E-state index contributed by atoms with van der Waals surface area (Å²) in [6.07, 6.45) is 3.66. The van der Waals surface area contributed by atoms with E-state index < -0.39 is 0 Å². The van der Waals surface area contributed by atoms with E-state index in [1.807, 2.05) is 20.2 Å². The topological polar surface area (TPSA) is 43.0 Å². The van der Waals surface area contributed by atoms with Crippen LogP contribution in [0.3, 0.4) is 0 Å². The first kappa shape index (κ1) is 15.3. The quantitative estimate of drug-likeness (QED) is 0.873. The van der Waals surface area contributed by atoms with Gasteiger partial charge in [0, 0.05) is 24.6 Å². The number of hydrogen-bond acceptors (Lipinski definition) is 3. The molecule has 1 atom stereocenters. The Morgan fingerprint density at radius 2 is 2.20 bits per heavy atom. The molecule has 2 aromatic heterocycles. The van der Waals surface area contributed by atoms with Gasteiger partial charge in [-0.1, -0.05) is 6.92 Å². The molecule has 0 aliphatic carbocycles. The Kier molecular flexibility index (Phi) is 5.05. The van der Waals surface area contributed by atoms with Crippen molar-refractivity contribution in [1.82, 2.24) is 15.1 Å². The standard InChI is InChI=1S/C15H22BrN3O/c1-5-12-15(16)14(19(6-2)18-12)8-13(17-4)11-7-10(3)20-9-11/h7,9,13,17H,5-6,8H2,1-4H3. The van der Waals surface area contributed by atoms with Gasteiger partial charge in [-0.15, -0.1) is 0 Å². The number of furan rings is 1. The molecular weight excluding hydrogens is 318 g/mol. The number of halogens is 1. The number of nitrogens with one attached hydrogen (secondary N) is 1. The first-order chi connectivity index (χ1) is 9.60. The van der Waals surface area contributed by atoms with Gasteiger partial charge in [-0.25, -0.2) is 0 Å². The lowest BCUT2D eigenvalue weighted by Gasteiger charge is -2.15. The van der Waals surface area contributed by atoms with Crippen LogP contribution >= 0.6 is 15.9 Å². The van der Waals surface area contributed by atoms with Crippen LogP contribution in [0.5, 0.6) is 0 Å². The van der Waals surface area contributed by atoms with Crippen LogP contribution < -0.4 is 5.32 Å². The summed E-state index contributed by atoms with van der Waals surface area (Å²) in [6.45, 7) is 7.11. The maximum atomic E-state index is 5.42. The molecule has 1 unspecified atom stereocenters. The third-order valence-corrected chi connectivity index (χ3v) is 4.51. The van der Waals surface area contributed by atoms with Crippen LogP contribution in [0.4, 0.5) is 0 Å². The number of likely N-dealkylation sites (N-methyl/N-ethyl adjacent to an activating group) is 1. The fraction of sp³-hybridized carbons (Fsp3) is 0.533. The molecule has 5 heteroatoms. The van der Waals surface area contributed by atoms with E-state index in [1.54, 1.807) is 0 Å². The minimum absolute atomic E-state index is 0.232. The predicted octanol–water partition coefficient (Wildman–Crippen LogP) is 3.63. The van der Waals surface area contributed by atoms with E-state index >= 15 is 0 Å². The van der Waals surface area contributed by atoms with Crippen LogP contribution in [-0.2, 0) is 19.4 Å². The van der Waals surface area contributed by atoms with Crippen LogP contribution in [0.2, 0.25) is 0 Å². The molecule has 0 spiro atoms. The molecule has 1 N–H and O–H groups in total. The molecule has 0 aromatic carbocycles. The first-order valence-corrected chi connectivity index (χ1v) is 7.86. The highest BCUT2D eigenvalue weighted by Gasteiger charge is 2.19. The number of rotatable bonds is 6. The molecule has 2 rings (SSSR count). The Hall–Kier alpha value is -1.07. The van der Waals surface area contributed by atoms with Crippen molar-refractivity contribution in [3.63, 3.8) is 0 Å². The molecule has 2 aromatic rings. The summed E-state index contributed by atoms with van der Waals surface area (Å²) in [5.41, 5.74) is 3.54. The SMILES string of the molecule is CCc1nn(CC)c(CC(NC)c2coc(C)c2)c1Br. The van der Waals surface area contributed by atoms with Gasteiger partial charge in [0.05, 0.1) is 22.1 Å². The average molecular weight is 340 g/mol. The Bertz CT molecular complexity index is 574. The zero-order valence-electron chi connectivity index (χ0n) is 12.5. The van der Waals surface area contributed by atoms with E-state index in [4.69, 9.17) is 4.42 Å². The van der Waals surface area contributed by atoms with Gasteiger partial charge in [0.1, 0.15) is 5.76 Å². The largest absolute Gasteiger partial charge is 0.469 e. The number of aromatic nitrogens is 2. The second-order valence-corrected chi connectivity index (χ2v) is 5.71. The predicted molar refractivity (Wildman–Crippen MR) is 83.9 cm³/mol. The minimum Gasteiger partial charge on any atom is -0.469 e. The van der Waals surface area contributed by atoms with Crippen LogP contribution in [0.25, 0.3) is 0 Å². The maximum absolute atomic E-state index is 5.42. The molecule has 4 nitrogen and oxygen atoms in total. The lowest BCUT2D eigenvalue weighted by atomic mass is 10.0. The van der Waals surface area contributed by atoms with Crippen LogP contribution in [0.1, 0.15) is 42.6 Å². The molecule has 0 amide bonds. The minimum atomic E-state index is 0.232. The Labute approximate surface area is 128 Å². The summed E-state index contributed by atoms with van der Waals surface area (Å²) < 4.78 is 8.65. The molecular formula is C15H22BrN3O. The molecule has 20 heavy (non-hydrogen) atoms. The zero-order chi connectivity index (χ0) is 14.7. The fourth-order valence-electron chi connectivity index (χ4n) is 2.44. The van der Waals surface area contributed by atoms with Crippen molar-refractivity contribution in [3.8, 4) is 0 Å². The van der Waals surface area contributed by atoms with E-state index in [0.29, 0.717) is 0 Å². The van der Waals surface area contributed by atoms with Gasteiger partial charge < -0.3 is 9.73 Å². The molecule has 0 saturated heterocycles. The highest BCUT2D eigenvalue weighted by molar-refractivity contribution is 9.10. The fourth-order valence-corrected chi connectivity index (χ4v) is 3.16. The van der Waals surface area contributed by atoms with Gasteiger partial charge in [0.15, 0.2) is 0 Å². The molecule has 0 fully saturated rings. The van der Waals surface area contributed by atoms with E-state index in [-0.39, 0.29) is 6.04 Å². The smallest absolute Gasteiger partial charge is 0.101 e. The highest BCUT2D eigenvalue weighted by atomic mass is 79.9. The van der Waals surface area contributed by atoms with Crippen molar-refractivity contribution in [2.45, 2.75) is 46.2 Å². The van der Waals surface area contributed by atoms with Crippen molar-refractivity contribution in [3.05, 3.63) is 39.5 Å². The molecule has 2 heterocycles. The summed E-state index contributed by atoms with van der Waals surface area (Å²) in [5, 5.41) is 8.02. The Balaban J connectivity index is 2.29. The molecule has 110 valence electrons. The van der Waals surface area contributed by atoms with Gasteiger partial charge >= 0.3 is 0 Å². The van der Waals surface area contributed by atoms with Gasteiger partial charge in [-0.2, -0.15) is 5.10 Å². The summed E-state index contributed by atoms with van der Waals surface area (Å²) in [5.74, 6) is 0.942. The van der Waals surface area contributed by atoms with E-state index in [9.17, 15) is 0 Å². The lowest BCUT2D eigenvalue weighted by Crippen LogP contribution is -2.20. The summed E-state index contributed by atoms with van der Waals surface area (Å²) in [7, 11) is 1.98. The van der Waals surface area contributed by atoms with Crippen molar-refractivity contribution >= 4 is 15.9 Å². The van der Waals surface area contributed by atoms with Gasteiger partial charge in [0.2, 0.25) is 0 Å². The normalized spacial score (nSPS) is 12.8.